The first-order valence-corrected chi connectivity index (χ1v) is 5.49. The van der Waals surface area contributed by atoms with Gasteiger partial charge in [0.15, 0.2) is 0 Å². The summed E-state index contributed by atoms with van der Waals surface area (Å²) in [6.07, 6.45) is 4.30. The van der Waals surface area contributed by atoms with Crippen molar-refractivity contribution in [2.75, 3.05) is 13.2 Å². The maximum absolute atomic E-state index is 5.70. The molecule has 0 rings (SSSR count). The van der Waals surface area contributed by atoms with Gasteiger partial charge in [-0.05, 0) is 25.8 Å². The fourth-order valence-corrected chi connectivity index (χ4v) is 1.50. The minimum Gasteiger partial charge on any atom is -0.374 e. The maximum Gasteiger partial charge on any atom is 0.0853 e. The van der Waals surface area contributed by atoms with Crippen LogP contribution in [0.3, 0.4) is 0 Å². The highest BCUT2D eigenvalue weighted by atomic mass is 16.5. The molecule has 0 aromatic carbocycles. The average Bonchev–Trinajstić information content (AvgIpc) is 2.13. The van der Waals surface area contributed by atoms with Gasteiger partial charge >= 0.3 is 0 Å². The lowest BCUT2D eigenvalue weighted by Crippen LogP contribution is -2.60. The van der Waals surface area contributed by atoms with E-state index in [1.807, 2.05) is 6.92 Å². The van der Waals surface area contributed by atoms with Crippen LogP contribution < -0.4 is 11.5 Å². The Morgan fingerprint density at radius 3 is 2.50 bits per heavy atom. The highest BCUT2D eigenvalue weighted by Gasteiger charge is 2.16. The van der Waals surface area contributed by atoms with Crippen molar-refractivity contribution in [1.82, 2.24) is 0 Å². The third kappa shape index (κ3) is 5.37. The van der Waals surface area contributed by atoms with Gasteiger partial charge in [-0.1, -0.05) is 13.0 Å². The molecular formula is C11H25N2O+. The van der Waals surface area contributed by atoms with Crippen molar-refractivity contribution < 1.29 is 10.5 Å². The Morgan fingerprint density at radius 1 is 1.50 bits per heavy atom. The SMILES string of the molecule is CCC=C(CN)C(CC(C)[NH3+])OCC. The maximum atomic E-state index is 5.70. The quantitative estimate of drug-likeness (QED) is 0.596. The zero-order valence-electron chi connectivity index (χ0n) is 9.75. The molecule has 0 amide bonds. The number of rotatable bonds is 7. The summed E-state index contributed by atoms with van der Waals surface area (Å²) in [5.41, 5.74) is 10.9. The fraction of sp³-hybridized carbons (Fsp3) is 0.818. The van der Waals surface area contributed by atoms with Crippen LogP contribution >= 0.6 is 0 Å². The predicted octanol–water partition coefficient (Wildman–Crippen LogP) is 0.707. The first-order valence-electron chi connectivity index (χ1n) is 5.49. The molecule has 0 aromatic heterocycles. The van der Waals surface area contributed by atoms with E-state index in [1.165, 1.54) is 5.57 Å². The summed E-state index contributed by atoms with van der Waals surface area (Å²) in [6.45, 7) is 7.56. The van der Waals surface area contributed by atoms with Crippen molar-refractivity contribution in [1.29, 1.82) is 0 Å². The highest BCUT2D eigenvalue weighted by Crippen LogP contribution is 2.12. The number of allylic oxidation sites excluding steroid dienone is 1. The molecule has 0 aliphatic carbocycles. The Labute approximate surface area is 87.5 Å². The molecule has 2 atom stereocenters. The van der Waals surface area contributed by atoms with Crippen molar-refractivity contribution in [3.05, 3.63) is 11.6 Å². The van der Waals surface area contributed by atoms with E-state index in [1.54, 1.807) is 0 Å². The van der Waals surface area contributed by atoms with Crippen molar-refractivity contribution in [2.45, 2.75) is 45.8 Å². The molecule has 0 radical (unpaired) electrons. The van der Waals surface area contributed by atoms with Gasteiger partial charge in [0, 0.05) is 19.6 Å². The molecule has 0 heterocycles. The van der Waals surface area contributed by atoms with Gasteiger partial charge in [-0.2, -0.15) is 0 Å². The monoisotopic (exact) mass is 201 g/mol. The molecule has 2 unspecified atom stereocenters. The number of hydrogen-bond acceptors (Lipinski definition) is 2. The van der Waals surface area contributed by atoms with Crippen LogP contribution in [0.15, 0.2) is 11.6 Å². The minimum atomic E-state index is 0.164. The second-order valence-electron chi connectivity index (χ2n) is 3.68. The van der Waals surface area contributed by atoms with Crippen molar-refractivity contribution in [3.8, 4) is 0 Å². The van der Waals surface area contributed by atoms with Gasteiger partial charge in [0.1, 0.15) is 0 Å². The molecule has 0 aromatic rings. The van der Waals surface area contributed by atoms with E-state index in [0.717, 1.165) is 19.4 Å². The van der Waals surface area contributed by atoms with Gasteiger partial charge in [0.2, 0.25) is 0 Å². The lowest BCUT2D eigenvalue weighted by molar-refractivity contribution is -0.417. The second kappa shape index (κ2) is 7.97. The smallest absolute Gasteiger partial charge is 0.0853 e. The molecule has 14 heavy (non-hydrogen) atoms. The zero-order chi connectivity index (χ0) is 11.0. The van der Waals surface area contributed by atoms with Crippen molar-refractivity contribution in [3.63, 3.8) is 0 Å². The van der Waals surface area contributed by atoms with Crippen molar-refractivity contribution >= 4 is 0 Å². The summed E-state index contributed by atoms with van der Waals surface area (Å²) in [7, 11) is 0. The summed E-state index contributed by atoms with van der Waals surface area (Å²) in [4.78, 5) is 0. The molecule has 0 spiro atoms. The normalized spacial score (nSPS) is 16.8. The van der Waals surface area contributed by atoms with Crippen LogP contribution in [0.25, 0.3) is 0 Å². The first kappa shape index (κ1) is 13.6. The second-order valence-corrected chi connectivity index (χ2v) is 3.68. The van der Waals surface area contributed by atoms with Crippen LogP contribution in [-0.4, -0.2) is 25.3 Å². The van der Waals surface area contributed by atoms with Gasteiger partial charge in [-0.25, -0.2) is 0 Å². The van der Waals surface area contributed by atoms with Crippen LogP contribution in [0.2, 0.25) is 0 Å². The Kier molecular flexibility index (Phi) is 7.76. The molecule has 0 fully saturated rings. The van der Waals surface area contributed by atoms with Gasteiger partial charge in [0.25, 0.3) is 0 Å². The molecule has 5 N–H and O–H groups in total. The van der Waals surface area contributed by atoms with Crippen LogP contribution in [0.5, 0.6) is 0 Å². The Bertz CT molecular complexity index is 167. The van der Waals surface area contributed by atoms with Crippen LogP contribution in [0.1, 0.15) is 33.6 Å². The molecule has 3 nitrogen and oxygen atoms in total. The van der Waals surface area contributed by atoms with Gasteiger partial charge in [0.05, 0.1) is 12.1 Å². The molecule has 84 valence electrons. The van der Waals surface area contributed by atoms with E-state index in [0.29, 0.717) is 12.6 Å². The van der Waals surface area contributed by atoms with Gasteiger partial charge in [-0.3, -0.25) is 0 Å². The summed E-state index contributed by atoms with van der Waals surface area (Å²) in [6, 6.07) is 0.401. The lowest BCUT2D eigenvalue weighted by atomic mass is 10.0. The minimum absolute atomic E-state index is 0.164. The molecule has 0 saturated heterocycles. The highest BCUT2D eigenvalue weighted by molar-refractivity contribution is 5.10. The van der Waals surface area contributed by atoms with Crippen LogP contribution in [0.4, 0.5) is 0 Å². The van der Waals surface area contributed by atoms with E-state index in [2.05, 4.69) is 25.7 Å². The number of hydrogen-bond donors (Lipinski definition) is 2. The molecule has 0 saturated carbocycles. The number of ether oxygens (including phenoxy) is 1. The van der Waals surface area contributed by atoms with E-state index in [9.17, 15) is 0 Å². The predicted molar refractivity (Wildman–Crippen MR) is 59.8 cm³/mol. The van der Waals surface area contributed by atoms with E-state index in [4.69, 9.17) is 10.5 Å². The van der Waals surface area contributed by atoms with Crippen LogP contribution in [-0.2, 0) is 4.74 Å². The first-order chi connectivity index (χ1) is 6.65. The third-order valence-electron chi connectivity index (χ3n) is 2.10. The Morgan fingerprint density at radius 2 is 2.14 bits per heavy atom. The van der Waals surface area contributed by atoms with Gasteiger partial charge in [-0.15, -0.1) is 0 Å². The summed E-state index contributed by atoms with van der Waals surface area (Å²) >= 11 is 0. The van der Waals surface area contributed by atoms with Crippen molar-refractivity contribution in [2.24, 2.45) is 5.73 Å². The zero-order valence-corrected chi connectivity index (χ0v) is 9.75. The molecule has 0 aliphatic heterocycles. The van der Waals surface area contributed by atoms with E-state index < -0.39 is 0 Å². The van der Waals surface area contributed by atoms with E-state index >= 15 is 0 Å². The summed E-state index contributed by atoms with van der Waals surface area (Å²) in [5.74, 6) is 0. The molecule has 0 bridgehead atoms. The molecular weight excluding hydrogens is 176 g/mol. The standard InChI is InChI=1S/C11H24N2O/c1-4-6-10(8-12)11(14-5-2)7-9(3)13/h6,9,11H,4-5,7-8,12-13H2,1-3H3/p+1. The lowest BCUT2D eigenvalue weighted by Gasteiger charge is -2.20. The largest absolute Gasteiger partial charge is 0.374 e. The van der Waals surface area contributed by atoms with E-state index in [-0.39, 0.29) is 6.10 Å². The summed E-state index contributed by atoms with van der Waals surface area (Å²) in [5, 5.41) is 0. The number of quaternary nitrogens is 1. The Hall–Kier alpha value is -0.380. The third-order valence-corrected chi connectivity index (χ3v) is 2.10. The molecule has 0 aliphatic rings. The topological polar surface area (TPSA) is 62.9 Å². The van der Waals surface area contributed by atoms with Gasteiger partial charge < -0.3 is 16.2 Å². The number of nitrogens with two attached hydrogens (primary N) is 1. The Balaban J connectivity index is 4.35. The average molecular weight is 201 g/mol. The fourth-order valence-electron chi connectivity index (χ4n) is 1.50. The molecule has 3 heteroatoms. The van der Waals surface area contributed by atoms with Crippen LogP contribution in [0, 0.1) is 0 Å². The summed E-state index contributed by atoms with van der Waals surface area (Å²) < 4.78 is 5.67.